The van der Waals surface area contributed by atoms with Gasteiger partial charge in [0.15, 0.2) is 0 Å². The third kappa shape index (κ3) is 1.57. The predicted octanol–water partition coefficient (Wildman–Crippen LogP) is 1.29. The van der Waals surface area contributed by atoms with E-state index in [1.807, 2.05) is 24.5 Å². The SMILES string of the molecule is C1=CN2CC(c3nn[nH]n3)=CN=C2c2ccccc21. The summed E-state index contributed by atoms with van der Waals surface area (Å²) in [7, 11) is 0. The zero-order valence-corrected chi connectivity index (χ0v) is 9.98. The fourth-order valence-corrected chi connectivity index (χ4v) is 2.30. The molecule has 6 nitrogen and oxygen atoms in total. The Labute approximate surface area is 109 Å². The number of benzene rings is 1. The first-order chi connectivity index (χ1) is 9.42. The molecule has 0 aliphatic carbocycles. The number of hydrogen-bond donors (Lipinski definition) is 1. The van der Waals surface area contributed by atoms with Gasteiger partial charge in [-0.3, -0.25) is 0 Å². The average molecular weight is 250 g/mol. The van der Waals surface area contributed by atoms with Crippen LogP contribution in [0.4, 0.5) is 0 Å². The zero-order chi connectivity index (χ0) is 12.7. The van der Waals surface area contributed by atoms with Gasteiger partial charge < -0.3 is 4.90 Å². The van der Waals surface area contributed by atoms with Gasteiger partial charge in [-0.1, -0.05) is 24.3 Å². The smallest absolute Gasteiger partial charge is 0.204 e. The van der Waals surface area contributed by atoms with Crippen LogP contribution in [0.1, 0.15) is 17.0 Å². The Balaban J connectivity index is 1.80. The maximum Gasteiger partial charge on any atom is 0.204 e. The van der Waals surface area contributed by atoms with Crippen LogP contribution in [-0.4, -0.2) is 37.9 Å². The lowest BCUT2D eigenvalue weighted by Crippen LogP contribution is -2.33. The van der Waals surface area contributed by atoms with Gasteiger partial charge in [0, 0.05) is 23.5 Å². The molecule has 0 radical (unpaired) electrons. The fourth-order valence-electron chi connectivity index (χ4n) is 2.30. The van der Waals surface area contributed by atoms with Crippen LogP contribution in [0.15, 0.2) is 41.7 Å². The molecule has 0 atom stereocenters. The van der Waals surface area contributed by atoms with Gasteiger partial charge in [0.05, 0.1) is 6.54 Å². The number of aliphatic imine (C=N–C) groups is 1. The van der Waals surface area contributed by atoms with Crippen molar-refractivity contribution in [2.45, 2.75) is 0 Å². The van der Waals surface area contributed by atoms with E-state index in [4.69, 9.17) is 0 Å². The van der Waals surface area contributed by atoms with Crippen LogP contribution in [-0.2, 0) is 0 Å². The second-order valence-corrected chi connectivity index (χ2v) is 4.37. The third-order valence-electron chi connectivity index (χ3n) is 3.22. The number of amidine groups is 1. The summed E-state index contributed by atoms with van der Waals surface area (Å²) >= 11 is 0. The molecule has 0 bridgehead atoms. The van der Waals surface area contributed by atoms with Crippen LogP contribution >= 0.6 is 0 Å². The molecule has 0 saturated heterocycles. The molecule has 1 aromatic carbocycles. The lowest BCUT2D eigenvalue weighted by molar-refractivity contribution is 0.621. The lowest BCUT2D eigenvalue weighted by Gasteiger charge is -2.29. The number of nitrogens with one attached hydrogen (secondary N) is 1. The van der Waals surface area contributed by atoms with Crippen molar-refractivity contribution < 1.29 is 0 Å². The first-order valence-electron chi connectivity index (χ1n) is 5.97. The molecule has 2 aromatic rings. The molecule has 1 N–H and O–H groups in total. The highest BCUT2D eigenvalue weighted by Gasteiger charge is 2.23. The van der Waals surface area contributed by atoms with Crippen molar-refractivity contribution in [3.8, 4) is 0 Å². The van der Waals surface area contributed by atoms with E-state index in [-0.39, 0.29) is 0 Å². The Morgan fingerprint density at radius 2 is 2.16 bits per heavy atom. The van der Waals surface area contributed by atoms with E-state index < -0.39 is 0 Å². The molecule has 1 aromatic heterocycles. The van der Waals surface area contributed by atoms with Gasteiger partial charge in [-0.05, 0) is 16.9 Å². The van der Waals surface area contributed by atoms with Crippen LogP contribution in [0.5, 0.6) is 0 Å². The van der Waals surface area contributed by atoms with E-state index in [1.165, 1.54) is 5.56 Å². The van der Waals surface area contributed by atoms with Gasteiger partial charge in [-0.15, -0.1) is 10.2 Å². The molecule has 0 spiro atoms. The molecule has 0 saturated carbocycles. The summed E-state index contributed by atoms with van der Waals surface area (Å²) in [6, 6.07) is 8.22. The van der Waals surface area contributed by atoms with Gasteiger partial charge in [-0.25, -0.2) is 4.99 Å². The van der Waals surface area contributed by atoms with E-state index >= 15 is 0 Å². The quantitative estimate of drug-likeness (QED) is 0.827. The number of aromatic amines is 1. The molecule has 6 heteroatoms. The zero-order valence-electron chi connectivity index (χ0n) is 9.98. The largest absolute Gasteiger partial charge is 0.328 e. The first-order valence-corrected chi connectivity index (χ1v) is 5.97. The highest BCUT2D eigenvalue weighted by molar-refractivity contribution is 6.06. The van der Waals surface area contributed by atoms with Crippen LogP contribution in [0.25, 0.3) is 11.6 Å². The van der Waals surface area contributed by atoms with Crippen molar-refractivity contribution in [3.05, 3.63) is 53.6 Å². The highest BCUT2D eigenvalue weighted by atomic mass is 15.5. The lowest BCUT2D eigenvalue weighted by atomic mass is 10.0. The van der Waals surface area contributed by atoms with E-state index in [9.17, 15) is 0 Å². The monoisotopic (exact) mass is 250 g/mol. The number of hydrogen-bond acceptors (Lipinski definition) is 5. The summed E-state index contributed by atoms with van der Waals surface area (Å²) in [6.45, 7) is 0.698. The van der Waals surface area contributed by atoms with E-state index in [0.717, 1.165) is 17.0 Å². The molecule has 19 heavy (non-hydrogen) atoms. The van der Waals surface area contributed by atoms with Crippen molar-refractivity contribution in [1.29, 1.82) is 0 Å². The minimum absolute atomic E-state index is 0.593. The minimum atomic E-state index is 0.593. The van der Waals surface area contributed by atoms with Crippen LogP contribution in [0.3, 0.4) is 0 Å². The molecule has 0 unspecified atom stereocenters. The van der Waals surface area contributed by atoms with Crippen molar-refractivity contribution in [2.24, 2.45) is 4.99 Å². The Kier molecular flexibility index (Phi) is 2.08. The number of aromatic nitrogens is 4. The number of fused-ring (bicyclic) bond motifs is 3. The summed E-state index contributed by atoms with van der Waals surface area (Å²) in [5.74, 6) is 1.56. The molecule has 0 fully saturated rings. The maximum absolute atomic E-state index is 4.54. The molecule has 0 amide bonds. The number of nitrogens with zero attached hydrogens (tertiary/aromatic N) is 5. The van der Waals surface area contributed by atoms with Crippen LogP contribution in [0, 0.1) is 0 Å². The highest BCUT2D eigenvalue weighted by Crippen LogP contribution is 2.25. The standard InChI is InChI=1S/C13H10N6/c1-2-4-11-9(3-1)5-6-19-8-10(7-14-13(11)19)12-15-17-18-16-12/h1-7H,8H2,(H,15,16,17,18). The van der Waals surface area contributed by atoms with Crippen molar-refractivity contribution in [1.82, 2.24) is 25.5 Å². The van der Waals surface area contributed by atoms with Gasteiger partial charge >= 0.3 is 0 Å². The summed E-state index contributed by atoms with van der Waals surface area (Å²) in [6.07, 6.45) is 5.94. The molecule has 2 aliphatic rings. The van der Waals surface area contributed by atoms with E-state index in [1.54, 1.807) is 0 Å². The van der Waals surface area contributed by atoms with Gasteiger partial charge in [0.25, 0.3) is 0 Å². The maximum atomic E-state index is 4.54. The van der Waals surface area contributed by atoms with Crippen LogP contribution in [0.2, 0.25) is 0 Å². The van der Waals surface area contributed by atoms with E-state index in [2.05, 4.69) is 48.7 Å². The topological polar surface area (TPSA) is 70.1 Å². The molecule has 92 valence electrons. The molecule has 2 aliphatic heterocycles. The van der Waals surface area contributed by atoms with Gasteiger partial charge in [-0.2, -0.15) is 5.21 Å². The Hall–Kier alpha value is -2.76. The van der Waals surface area contributed by atoms with Crippen LogP contribution < -0.4 is 0 Å². The minimum Gasteiger partial charge on any atom is -0.328 e. The summed E-state index contributed by atoms with van der Waals surface area (Å²) in [4.78, 5) is 6.63. The number of H-pyrrole nitrogens is 1. The van der Waals surface area contributed by atoms with Crippen molar-refractivity contribution in [3.63, 3.8) is 0 Å². The van der Waals surface area contributed by atoms with Gasteiger partial charge in [0.1, 0.15) is 5.84 Å². The Bertz CT molecular complexity index is 710. The normalized spacial score (nSPS) is 16.5. The Morgan fingerprint density at radius 3 is 3.05 bits per heavy atom. The van der Waals surface area contributed by atoms with Crippen molar-refractivity contribution >= 4 is 17.5 Å². The summed E-state index contributed by atoms with van der Waals surface area (Å²) in [5.41, 5.74) is 3.28. The average Bonchev–Trinajstić information content (AvgIpc) is 3.01. The second-order valence-electron chi connectivity index (χ2n) is 4.37. The fraction of sp³-hybridized carbons (Fsp3) is 0.0769. The third-order valence-corrected chi connectivity index (χ3v) is 3.22. The summed E-state index contributed by atoms with van der Waals surface area (Å²) in [5, 5.41) is 14.0. The van der Waals surface area contributed by atoms with Crippen molar-refractivity contribution in [2.75, 3.05) is 6.54 Å². The molecular weight excluding hydrogens is 240 g/mol. The first kappa shape index (κ1) is 10.2. The summed E-state index contributed by atoms with van der Waals surface area (Å²) < 4.78 is 0. The number of tetrazole rings is 1. The molecular formula is C13H10N6. The molecule has 3 heterocycles. The van der Waals surface area contributed by atoms with E-state index in [0.29, 0.717) is 12.4 Å². The number of rotatable bonds is 1. The predicted molar refractivity (Wildman–Crippen MR) is 70.9 cm³/mol. The molecule has 4 rings (SSSR count). The second kappa shape index (κ2) is 3.88. The Morgan fingerprint density at radius 1 is 1.21 bits per heavy atom. The van der Waals surface area contributed by atoms with Gasteiger partial charge in [0.2, 0.25) is 5.82 Å².